The van der Waals surface area contributed by atoms with E-state index in [-0.39, 0.29) is 5.91 Å². The number of nitrogens with one attached hydrogen (secondary N) is 1. The zero-order valence-corrected chi connectivity index (χ0v) is 14.1. The molecule has 1 aliphatic carbocycles. The summed E-state index contributed by atoms with van der Waals surface area (Å²) in [7, 11) is 2.14. The molecule has 4 heteroatoms. The third-order valence-electron chi connectivity index (χ3n) is 5.06. The average Bonchev–Trinajstić information content (AvgIpc) is 3.04. The lowest BCUT2D eigenvalue weighted by Crippen LogP contribution is -2.31. The van der Waals surface area contributed by atoms with E-state index in [1.165, 1.54) is 12.8 Å². The van der Waals surface area contributed by atoms with Crippen molar-refractivity contribution < 1.29 is 9.53 Å². The van der Waals surface area contributed by atoms with Gasteiger partial charge in [0.05, 0.1) is 6.10 Å². The highest BCUT2D eigenvalue weighted by atomic mass is 16.5. The Kier molecular flexibility index (Phi) is 5.55. The maximum atomic E-state index is 12.2. The minimum absolute atomic E-state index is 0.129. The summed E-state index contributed by atoms with van der Waals surface area (Å²) in [5.74, 6) is 1.56. The summed E-state index contributed by atoms with van der Waals surface area (Å²) in [6.07, 6.45) is 8.12. The van der Waals surface area contributed by atoms with Crippen LogP contribution in [0.15, 0.2) is 24.3 Å². The number of likely N-dealkylation sites (tertiary alicyclic amines) is 1. The van der Waals surface area contributed by atoms with E-state index in [0.717, 1.165) is 50.2 Å². The highest BCUT2D eigenvalue weighted by Crippen LogP contribution is 2.25. The molecule has 2 aliphatic rings. The van der Waals surface area contributed by atoms with E-state index in [0.29, 0.717) is 18.4 Å². The third-order valence-corrected chi connectivity index (χ3v) is 5.06. The van der Waals surface area contributed by atoms with Crippen molar-refractivity contribution >= 4 is 11.6 Å². The average molecular weight is 316 g/mol. The first-order valence-electron chi connectivity index (χ1n) is 8.94. The number of piperidine rings is 1. The molecule has 1 aromatic carbocycles. The lowest BCUT2D eigenvalue weighted by Gasteiger charge is -2.28. The van der Waals surface area contributed by atoms with E-state index in [2.05, 4.69) is 17.3 Å². The summed E-state index contributed by atoms with van der Waals surface area (Å²) in [4.78, 5) is 14.5. The number of carbonyl (C=O) groups is 1. The second-order valence-electron chi connectivity index (χ2n) is 7.05. The van der Waals surface area contributed by atoms with Crippen LogP contribution in [0.1, 0.15) is 44.9 Å². The fraction of sp³-hybridized carbons (Fsp3) is 0.632. The molecule has 0 bridgehead atoms. The van der Waals surface area contributed by atoms with Gasteiger partial charge in [-0.3, -0.25) is 4.79 Å². The Labute approximate surface area is 139 Å². The monoisotopic (exact) mass is 316 g/mol. The standard InChI is InChI=1S/C19H28N2O2/c1-21-12-10-15(11-13-21)14-19(22)20-16-6-8-18(9-7-16)23-17-4-2-3-5-17/h6-9,15,17H,2-5,10-14H2,1H3,(H,20,22). The molecule has 1 saturated carbocycles. The van der Waals surface area contributed by atoms with Gasteiger partial charge in [0.25, 0.3) is 0 Å². The fourth-order valence-electron chi connectivity index (χ4n) is 3.56. The molecule has 23 heavy (non-hydrogen) atoms. The molecule has 2 fully saturated rings. The van der Waals surface area contributed by atoms with Crippen LogP contribution < -0.4 is 10.1 Å². The Hall–Kier alpha value is -1.55. The van der Waals surface area contributed by atoms with Gasteiger partial charge < -0.3 is 15.0 Å². The molecule has 1 amide bonds. The smallest absolute Gasteiger partial charge is 0.224 e. The quantitative estimate of drug-likeness (QED) is 0.901. The molecule has 126 valence electrons. The van der Waals surface area contributed by atoms with E-state index >= 15 is 0 Å². The molecule has 3 rings (SSSR count). The number of hydrogen-bond acceptors (Lipinski definition) is 3. The van der Waals surface area contributed by atoms with Crippen molar-refractivity contribution in [1.29, 1.82) is 0 Å². The maximum absolute atomic E-state index is 12.2. The van der Waals surface area contributed by atoms with Crippen molar-refractivity contribution in [3.63, 3.8) is 0 Å². The van der Waals surface area contributed by atoms with Crippen LogP contribution in [0.3, 0.4) is 0 Å². The van der Waals surface area contributed by atoms with Gasteiger partial charge in [-0.25, -0.2) is 0 Å². The molecule has 4 nitrogen and oxygen atoms in total. The van der Waals surface area contributed by atoms with E-state index < -0.39 is 0 Å². The molecule has 0 radical (unpaired) electrons. The van der Waals surface area contributed by atoms with Crippen LogP contribution in [-0.4, -0.2) is 37.0 Å². The predicted molar refractivity (Wildman–Crippen MR) is 92.8 cm³/mol. The number of carbonyl (C=O) groups excluding carboxylic acids is 1. The Balaban J connectivity index is 1.44. The van der Waals surface area contributed by atoms with Gasteiger partial charge in [-0.2, -0.15) is 0 Å². The number of hydrogen-bond donors (Lipinski definition) is 1. The molecule has 1 N–H and O–H groups in total. The number of rotatable bonds is 5. The SMILES string of the molecule is CN1CCC(CC(=O)Nc2ccc(OC3CCCC3)cc2)CC1. The zero-order chi connectivity index (χ0) is 16.1. The number of anilines is 1. The Morgan fingerprint density at radius 1 is 1.13 bits per heavy atom. The Bertz CT molecular complexity index is 501. The number of amides is 1. The van der Waals surface area contributed by atoms with E-state index in [1.807, 2.05) is 24.3 Å². The van der Waals surface area contributed by atoms with Gasteiger partial charge in [-0.05, 0) is 88.8 Å². The van der Waals surface area contributed by atoms with Crippen LogP contribution in [0.4, 0.5) is 5.69 Å². The van der Waals surface area contributed by atoms with Crippen molar-refractivity contribution in [3.05, 3.63) is 24.3 Å². The summed E-state index contributed by atoms with van der Waals surface area (Å²) >= 11 is 0. The van der Waals surface area contributed by atoms with Gasteiger partial charge in [0, 0.05) is 12.1 Å². The van der Waals surface area contributed by atoms with Crippen molar-refractivity contribution in [2.24, 2.45) is 5.92 Å². The van der Waals surface area contributed by atoms with Gasteiger partial charge in [0.1, 0.15) is 5.75 Å². The fourth-order valence-corrected chi connectivity index (χ4v) is 3.56. The summed E-state index contributed by atoms with van der Waals surface area (Å²) in [6.45, 7) is 2.20. The van der Waals surface area contributed by atoms with Crippen LogP contribution in [0.25, 0.3) is 0 Å². The van der Waals surface area contributed by atoms with Crippen molar-refractivity contribution in [3.8, 4) is 5.75 Å². The third kappa shape index (κ3) is 4.96. The second kappa shape index (κ2) is 7.82. The first-order chi connectivity index (χ1) is 11.2. The maximum Gasteiger partial charge on any atom is 0.224 e. The van der Waals surface area contributed by atoms with E-state index in [1.54, 1.807) is 0 Å². The van der Waals surface area contributed by atoms with Crippen LogP contribution in [0.2, 0.25) is 0 Å². The van der Waals surface area contributed by atoms with Gasteiger partial charge >= 0.3 is 0 Å². The van der Waals surface area contributed by atoms with Crippen LogP contribution in [0, 0.1) is 5.92 Å². The zero-order valence-electron chi connectivity index (χ0n) is 14.1. The molecule has 0 spiro atoms. The topological polar surface area (TPSA) is 41.6 Å². The molecular formula is C19H28N2O2. The summed E-state index contributed by atoms with van der Waals surface area (Å²) in [6, 6.07) is 7.81. The normalized spacial score (nSPS) is 20.6. The second-order valence-corrected chi connectivity index (χ2v) is 7.05. The number of ether oxygens (including phenoxy) is 1. The Morgan fingerprint density at radius 2 is 1.78 bits per heavy atom. The van der Waals surface area contributed by atoms with Gasteiger partial charge in [0.15, 0.2) is 0 Å². The van der Waals surface area contributed by atoms with Crippen LogP contribution >= 0.6 is 0 Å². The largest absolute Gasteiger partial charge is 0.490 e. The van der Waals surface area contributed by atoms with Crippen molar-refractivity contribution in [1.82, 2.24) is 4.90 Å². The van der Waals surface area contributed by atoms with E-state index in [4.69, 9.17) is 4.74 Å². The molecule has 1 saturated heterocycles. The Morgan fingerprint density at radius 3 is 2.43 bits per heavy atom. The highest BCUT2D eigenvalue weighted by molar-refractivity contribution is 5.90. The minimum Gasteiger partial charge on any atom is -0.490 e. The summed E-state index contributed by atoms with van der Waals surface area (Å²) < 4.78 is 5.95. The van der Waals surface area contributed by atoms with Crippen LogP contribution in [0.5, 0.6) is 5.75 Å². The van der Waals surface area contributed by atoms with Crippen molar-refractivity contribution in [2.75, 3.05) is 25.5 Å². The molecule has 1 aliphatic heterocycles. The molecule has 0 atom stereocenters. The summed E-state index contributed by atoms with van der Waals surface area (Å²) in [5, 5.41) is 3.01. The first kappa shape index (κ1) is 16.3. The number of benzene rings is 1. The summed E-state index contributed by atoms with van der Waals surface area (Å²) in [5.41, 5.74) is 0.863. The molecule has 0 unspecified atom stereocenters. The lowest BCUT2D eigenvalue weighted by molar-refractivity contribution is -0.117. The highest BCUT2D eigenvalue weighted by Gasteiger charge is 2.20. The molecular weight excluding hydrogens is 288 g/mol. The molecule has 1 heterocycles. The van der Waals surface area contributed by atoms with Crippen LogP contribution in [-0.2, 0) is 4.79 Å². The molecule has 1 aromatic rings. The predicted octanol–water partition coefficient (Wildman–Crippen LogP) is 3.68. The van der Waals surface area contributed by atoms with Crippen molar-refractivity contribution in [2.45, 2.75) is 51.0 Å². The van der Waals surface area contributed by atoms with Gasteiger partial charge in [0.2, 0.25) is 5.91 Å². The minimum atomic E-state index is 0.129. The first-order valence-corrected chi connectivity index (χ1v) is 8.94. The van der Waals surface area contributed by atoms with Gasteiger partial charge in [-0.1, -0.05) is 0 Å². The van der Waals surface area contributed by atoms with E-state index in [9.17, 15) is 4.79 Å². The van der Waals surface area contributed by atoms with Gasteiger partial charge in [-0.15, -0.1) is 0 Å². The number of nitrogens with zero attached hydrogens (tertiary/aromatic N) is 1. The lowest BCUT2D eigenvalue weighted by atomic mass is 9.93. The molecule has 0 aromatic heterocycles.